The largest absolute Gasteiger partial charge is 0.370 e. The SMILES string of the molecule is CN1CCN(c2ccc(CN=C(N)N3CCSCC3)cn2)CC1. The van der Waals surface area contributed by atoms with Gasteiger partial charge in [0.25, 0.3) is 0 Å². The zero-order chi connectivity index (χ0) is 16.1. The number of guanidine groups is 1. The van der Waals surface area contributed by atoms with Crippen molar-refractivity contribution in [3.8, 4) is 0 Å². The number of piperazine rings is 1. The van der Waals surface area contributed by atoms with Crippen molar-refractivity contribution in [1.29, 1.82) is 0 Å². The highest BCUT2D eigenvalue weighted by Crippen LogP contribution is 2.14. The molecule has 2 fully saturated rings. The number of hydrogen-bond donors (Lipinski definition) is 1. The normalized spacial score (nSPS) is 20.8. The molecule has 7 heteroatoms. The molecule has 2 N–H and O–H groups in total. The number of aliphatic imine (C=N–C) groups is 1. The topological polar surface area (TPSA) is 61.0 Å². The predicted octanol–water partition coefficient (Wildman–Crippen LogP) is 0.697. The van der Waals surface area contributed by atoms with Crippen molar-refractivity contribution < 1.29 is 0 Å². The van der Waals surface area contributed by atoms with E-state index in [0.29, 0.717) is 12.5 Å². The van der Waals surface area contributed by atoms with Gasteiger partial charge in [-0.3, -0.25) is 0 Å². The molecule has 0 amide bonds. The summed E-state index contributed by atoms with van der Waals surface area (Å²) < 4.78 is 0. The lowest BCUT2D eigenvalue weighted by Crippen LogP contribution is -2.44. The Kier molecular flexibility index (Phi) is 5.61. The predicted molar refractivity (Wildman–Crippen MR) is 98.2 cm³/mol. The van der Waals surface area contributed by atoms with Crippen molar-refractivity contribution >= 4 is 23.5 Å². The van der Waals surface area contributed by atoms with Crippen LogP contribution in [0.25, 0.3) is 0 Å². The van der Waals surface area contributed by atoms with Gasteiger partial charge in [0.2, 0.25) is 0 Å². The van der Waals surface area contributed by atoms with E-state index >= 15 is 0 Å². The average Bonchev–Trinajstić information content (AvgIpc) is 2.61. The lowest BCUT2D eigenvalue weighted by atomic mass is 10.2. The summed E-state index contributed by atoms with van der Waals surface area (Å²) in [7, 11) is 2.16. The molecule has 0 atom stereocenters. The second kappa shape index (κ2) is 7.88. The molecule has 0 radical (unpaired) electrons. The smallest absolute Gasteiger partial charge is 0.191 e. The summed E-state index contributed by atoms with van der Waals surface area (Å²) in [5, 5.41) is 0. The first kappa shape index (κ1) is 16.4. The van der Waals surface area contributed by atoms with Gasteiger partial charge in [0.15, 0.2) is 5.96 Å². The third-order valence-electron chi connectivity index (χ3n) is 4.40. The summed E-state index contributed by atoms with van der Waals surface area (Å²) >= 11 is 1.98. The van der Waals surface area contributed by atoms with E-state index in [1.807, 2.05) is 18.0 Å². The van der Waals surface area contributed by atoms with Crippen molar-refractivity contribution in [2.45, 2.75) is 6.54 Å². The first-order valence-corrected chi connectivity index (χ1v) is 9.39. The zero-order valence-electron chi connectivity index (χ0n) is 13.8. The zero-order valence-corrected chi connectivity index (χ0v) is 14.6. The lowest BCUT2D eigenvalue weighted by Gasteiger charge is -2.33. The standard InChI is InChI=1S/C16H26N6S/c1-20-4-6-21(7-5-20)15-3-2-14(12-18-15)13-19-16(17)22-8-10-23-11-9-22/h2-3,12H,4-11,13H2,1H3,(H2,17,19). The van der Waals surface area contributed by atoms with E-state index in [4.69, 9.17) is 5.73 Å². The Labute approximate surface area is 142 Å². The Bertz CT molecular complexity index is 518. The molecule has 0 bridgehead atoms. The molecule has 0 aliphatic carbocycles. The van der Waals surface area contributed by atoms with Gasteiger partial charge in [-0.1, -0.05) is 6.07 Å². The molecule has 0 spiro atoms. The van der Waals surface area contributed by atoms with Gasteiger partial charge in [0.1, 0.15) is 5.82 Å². The fourth-order valence-corrected chi connectivity index (χ4v) is 3.70. The number of anilines is 1. The number of hydrogen-bond acceptors (Lipinski definition) is 5. The molecule has 6 nitrogen and oxygen atoms in total. The van der Waals surface area contributed by atoms with Crippen LogP contribution in [0.15, 0.2) is 23.3 Å². The van der Waals surface area contributed by atoms with Gasteiger partial charge >= 0.3 is 0 Å². The minimum Gasteiger partial charge on any atom is -0.370 e. The minimum absolute atomic E-state index is 0.603. The van der Waals surface area contributed by atoms with Crippen LogP contribution < -0.4 is 10.6 Å². The number of likely N-dealkylation sites (N-methyl/N-ethyl adjacent to an activating group) is 1. The number of aromatic nitrogens is 1. The number of thioether (sulfide) groups is 1. The van der Waals surface area contributed by atoms with Crippen LogP contribution in [-0.4, -0.2) is 78.6 Å². The van der Waals surface area contributed by atoms with Gasteiger partial charge in [0.05, 0.1) is 6.54 Å². The van der Waals surface area contributed by atoms with Gasteiger partial charge in [0, 0.05) is 57.0 Å². The van der Waals surface area contributed by atoms with Crippen molar-refractivity contribution in [1.82, 2.24) is 14.8 Å². The number of pyridine rings is 1. The first-order chi connectivity index (χ1) is 11.2. The van der Waals surface area contributed by atoms with Crippen molar-refractivity contribution in [2.24, 2.45) is 10.7 Å². The molecule has 0 unspecified atom stereocenters. The maximum atomic E-state index is 6.09. The molecule has 126 valence electrons. The van der Waals surface area contributed by atoms with E-state index in [9.17, 15) is 0 Å². The highest BCUT2D eigenvalue weighted by Gasteiger charge is 2.15. The van der Waals surface area contributed by atoms with Gasteiger partial charge in [-0.2, -0.15) is 11.8 Å². The quantitative estimate of drug-likeness (QED) is 0.648. The fourth-order valence-electron chi connectivity index (χ4n) is 2.80. The molecule has 2 aliphatic heterocycles. The highest BCUT2D eigenvalue weighted by molar-refractivity contribution is 7.99. The van der Waals surface area contributed by atoms with Crippen LogP contribution in [-0.2, 0) is 6.54 Å². The summed E-state index contributed by atoms with van der Waals surface area (Å²) in [6.45, 7) is 6.88. The summed E-state index contributed by atoms with van der Waals surface area (Å²) in [6, 6.07) is 4.22. The second-order valence-corrected chi connectivity index (χ2v) is 7.31. The van der Waals surface area contributed by atoms with Gasteiger partial charge in [-0.25, -0.2) is 9.98 Å². The second-order valence-electron chi connectivity index (χ2n) is 6.09. The molecule has 0 aromatic carbocycles. The van der Waals surface area contributed by atoms with Crippen molar-refractivity contribution in [2.75, 3.05) is 62.7 Å². The first-order valence-electron chi connectivity index (χ1n) is 8.23. The third kappa shape index (κ3) is 4.51. The van der Waals surface area contributed by atoms with Crippen LogP contribution in [0.3, 0.4) is 0 Å². The van der Waals surface area contributed by atoms with Crippen LogP contribution in [0.5, 0.6) is 0 Å². The number of rotatable bonds is 3. The molecule has 0 saturated carbocycles. The van der Waals surface area contributed by atoms with Crippen molar-refractivity contribution in [3.05, 3.63) is 23.9 Å². The Morgan fingerprint density at radius 2 is 1.91 bits per heavy atom. The fraction of sp³-hybridized carbons (Fsp3) is 0.625. The molecule has 3 heterocycles. The van der Waals surface area contributed by atoms with E-state index < -0.39 is 0 Å². The number of nitrogens with two attached hydrogens (primary N) is 1. The van der Waals surface area contributed by atoms with Gasteiger partial charge in [-0.05, 0) is 18.7 Å². The Morgan fingerprint density at radius 1 is 1.17 bits per heavy atom. The summed E-state index contributed by atoms with van der Waals surface area (Å²) in [4.78, 5) is 16.0. The molecule has 2 saturated heterocycles. The third-order valence-corrected chi connectivity index (χ3v) is 5.34. The summed E-state index contributed by atoms with van der Waals surface area (Å²) in [5.74, 6) is 4.00. The maximum absolute atomic E-state index is 6.09. The molecular weight excluding hydrogens is 308 g/mol. The summed E-state index contributed by atoms with van der Waals surface area (Å²) in [6.07, 6.45) is 1.93. The molecular formula is C16H26N6S. The number of nitrogens with zero attached hydrogens (tertiary/aromatic N) is 5. The van der Waals surface area contributed by atoms with E-state index in [1.165, 1.54) is 0 Å². The van der Waals surface area contributed by atoms with E-state index in [-0.39, 0.29) is 0 Å². The minimum atomic E-state index is 0.603. The van der Waals surface area contributed by atoms with E-state index in [0.717, 1.165) is 62.2 Å². The molecule has 1 aromatic rings. The lowest BCUT2D eigenvalue weighted by molar-refractivity contribution is 0.312. The van der Waals surface area contributed by atoms with Crippen molar-refractivity contribution in [3.63, 3.8) is 0 Å². The highest BCUT2D eigenvalue weighted by atomic mass is 32.2. The van der Waals surface area contributed by atoms with Crippen LogP contribution in [0.4, 0.5) is 5.82 Å². The Morgan fingerprint density at radius 3 is 2.57 bits per heavy atom. The van der Waals surface area contributed by atoms with Crippen LogP contribution >= 0.6 is 11.8 Å². The molecule has 1 aromatic heterocycles. The molecule has 23 heavy (non-hydrogen) atoms. The van der Waals surface area contributed by atoms with Gasteiger partial charge in [-0.15, -0.1) is 0 Å². The average molecular weight is 334 g/mol. The van der Waals surface area contributed by atoms with Crippen LogP contribution in [0.1, 0.15) is 5.56 Å². The monoisotopic (exact) mass is 334 g/mol. The molecule has 2 aliphatic rings. The summed E-state index contributed by atoms with van der Waals surface area (Å²) in [5.41, 5.74) is 7.20. The van der Waals surface area contributed by atoms with E-state index in [2.05, 4.69) is 43.9 Å². The Balaban J connectivity index is 1.54. The van der Waals surface area contributed by atoms with Gasteiger partial charge < -0.3 is 20.4 Å². The van der Waals surface area contributed by atoms with E-state index in [1.54, 1.807) is 0 Å². The maximum Gasteiger partial charge on any atom is 0.191 e. The van der Waals surface area contributed by atoms with Crippen LogP contribution in [0, 0.1) is 0 Å². The Hall–Kier alpha value is -1.47. The van der Waals surface area contributed by atoms with Crippen LogP contribution in [0.2, 0.25) is 0 Å². The molecule has 3 rings (SSSR count).